The lowest BCUT2D eigenvalue weighted by atomic mass is 10.0. The van der Waals surface area contributed by atoms with Gasteiger partial charge in [-0.2, -0.15) is 13.1 Å². The summed E-state index contributed by atoms with van der Waals surface area (Å²) >= 11 is 13.8. The molecular formula is C65H73N5O2S8. The number of aryl methyl sites for hydroxylation is 2. The van der Waals surface area contributed by atoms with Gasteiger partial charge in [-0.05, 0) is 123 Å². The van der Waals surface area contributed by atoms with Crippen molar-refractivity contribution in [3.05, 3.63) is 88.2 Å². The minimum absolute atomic E-state index is 0.451. The largest absolute Gasteiger partial charge is 0.491 e. The molecule has 0 aliphatic carbocycles. The van der Waals surface area contributed by atoms with Gasteiger partial charge in [0.05, 0.1) is 55.3 Å². The van der Waals surface area contributed by atoms with E-state index >= 15 is 0 Å². The maximum atomic E-state index is 7.27. The Kier molecular flexibility index (Phi) is 19.6. The highest BCUT2D eigenvalue weighted by Crippen LogP contribution is 2.54. The third-order valence-corrected chi connectivity index (χ3v) is 24.0. The van der Waals surface area contributed by atoms with E-state index < -0.39 is 0 Å². The summed E-state index contributed by atoms with van der Waals surface area (Å²) < 4.78 is 31.8. The molecule has 0 saturated carbocycles. The van der Waals surface area contributed by atoms with E-state index in [1.165, 1.54) is 134 Å². The number of fused-ring (bicyclic) bond motifs is 4. The number of hydrogen-bond donors (Lipinski definition) is 0. The Morgan fingerprint density at radius 1 is 0.425 bits per heavy atom. The molecule has 0 fully saturated rings. The first kappa shape index (κ1) is 57.4. The zero-order valence-electron chi connectivity index (χ0n) is 47.1. The van der Waals surface area contributed by atoms with Gasteiger partial charge >= 0.3 is 0 Å². The number of hydrogen-bond acceptors (Lipinski definition) is 15. The van der Waals surface area contributed by atoms with Crippen molar-refractivity contribution >= 4 is 133 Å². The van der Waals surface area contributed by atoms with E-state index in [0.29, 0.717) is 25.0 Å². The van der Waals surface area contributed by atoms with Crippen LogP contribution in [0.25, 0.3) is 104 Å². The molecule has 7 nitrogen and oxygen atoms in total. The summed E-state index contributed by atoms with van der Waals surface area (Å²) in [7, 11) is 0. The number of aromatic nitrogens is 5. The average molecular weight is 1210 g/mol. The first-order valence-corrected chi connectivity index (χ1v) is 35.9. The Labute approximate surface area is 505 Å². The fourth-order valence-electron chi connectivity index (χ4n) is 10.8. The smallest absolute Gasteiger partial charge is 0.146 e. The van der Waals surface area contributed by atoms with Gasteiger partial charge in [-0.25, -0.2) is 0 Å². The summed E-state index contributed by atoms with van der Waals surface area (Å²) in [6, 6.07) is 22.9. The fraction of sp³-hybridized carbons (Fsp3) is 0.431. The second kappa shape index (κ2) is 27.3. The zero-order valence-corrected chi connectivity index (χ0v) is 53.7. The molecule has 2 unspecified atom stereocenters. The molecule has 2 atom stereocenters. The van der Waals surface area contributed by atoms with Crippen LogP contribution in [0.2, 0.25) is 0 Å². The topological polar surface area (TPSA) is 82.9 Å². The van der Waals surface area contributed by atoms with Crippen molar-refractivity contribution in [2.24, 2.45) is 11.8 Å². The summed E-state index contributed by atoms with van der Waals surface area (Å²) in [5.41, 5.74) is 6.63. The minimum atomic E-state index is 0.451. The number of benzene rings is 1. The summed E-state index contributed by atoms with van der Waals surface area (Å²) in [5.74, 6) is 2.76. The number of unbranched alkanes of at least 4 members (excludes halogenated alkanes) is 8. The Morgan fingerprint density at radius 2 is 0.900 bits per heavy atom. The number of nitrogens with zero attached hydrogens (tertiary/aromatic N) is 5. The van der Waals surface area contributed by atoms with Crippen molar-refractivity contribution in [1.29, 1.82) is 0 Å². The summed E-state index contributed by atoms with van der Waals surface area (Å²) in [6.45, 7) is 15.0. The van der Waals surface area contributed by atoms with Gasteiger partial charge in [0.2, 0.25) is 0 Å². The molecule has 80 heavy (non-hydrogen) atoms. The molecule has 0 amide bonds. The SMILES string of the molecule is CCCCCCc1ccc(-c2ccc(-c3ncc(-c4cc5c(OCC(CC)CCCC)c6sc(-c7cnc(-c8ccc(-c9ccc(CCCCCC)s9)s8)c8nsnc78)cc6c(OCC(CC)CCCC)c5s4)c4nscc34)s2)s1. The van der Waals surface area contributed by atoms with Crippen LogP contribution in [0.15, 0.2) is 78.4 Å². The third-order valence-electron chi connectivity index (χ3n) is 15.6. The summed E-state index contributed by atoms with van der Waals surface area (Å²) in [5, 5.41) is 5.43. The molecule has 0 aliphatic rings. The van der Waals surface area contributed by atoms with Crippen molar-refractivity contribution in [2.75, 3.05) is 13.2 Å². The van der Waals surface area contributed by atoms with E-state index in [-0.39, 0.29) is 0 Å². The van der Waals surface area contributed by atoms with Crippen LogP contribution in [-0.2, 0) is 12.8 Å². The summed E-state index contributed by atoms with van der Waals surface area (Å²) in [6.07, 6.45) is 25.8. The van der Waals surface area contributed by atoms with Crippen LogP contribution in [-0.4, -0.2) is 36.3 Å². The molecule has 15 heteroatoms. The molecule has 10 heterocycles. The van der Waals surface area contributed by atoms with E-state index in [0.717, 1.165) is 129 Å². The van der Waals surface area contributed by atoms with Crippen molar-refractivity contribution in [2.45, 2.75) is 157 Å². The molecule has 11 rings (SSSR count). The molecule has 10 aromatic heterocycles. The van der Waals surface area contributed by atoms with E-state index in [9.17, 15) is 0 Å². The molecule has 0 aliphatic heterocycles. The number of thiophene rings is 6. The lowest BCUT2D eigenvalue weighted by Crippen LogP contribution is -2.12. The van der Waals surface area contributed by atoms with E-state index in [2.05, 4.69) is 114 Å². The quantitative estimate of drug-likeness (QED) is 0.0415. The van der Waals surface area contributed by atoms with Crippen molar-refractivity contribution in [1.82, 2.24) is 23.1 Å². The van der Waals surface area contributed by atoms with Gasteiger partial charge in [0.1, 0.15) is 28.2 Å². The summed E-state index contributed by atoms with van der Waals surface area (Å²) in [4.78, 5) is 23.2. The van der Waals surface area contributed by atoms with Crippen LogP contribution >= 0.6 is 91.3 Å². The van der Waals surface area contributed by atoms with E-state index in [4.69, 9.17) is 32.6 Å². The standard InChI is InChI=1S/C65H73N5O2S8/c1-7-13-17-19-23-42-25-27-49(74-42)51-29-31-53(76-51)58-48-39-73-68-57(48)46(35-66-58)55-33-44-62(71-37-40(11-5)21-15-9-3)65-45(63(64(44)78-55)72-38-41(12-6)22-16-10-4)34-56(79-65)47-36-67-60(61-59(47)69-80-70-61)54-32-30-52(77-54)50-28-26-43(75-50)24-20-18-14-8-2/h25-36,39-41H,7-24,37-38H2,1-6H3. The lowest BCUT2D eigenvalue weighted by Gasteiger charge is -2.19. The lowest BCUT2D eigenvalue weighted by molar-refractivity contribution is 0.235. The van der Waals surface area contributed by atoms with Crippen LogP contribution in [0.4, 0.5) is 0 Å². The van der Waals surface area contributed by atoms with Gasteiger partial charge in [0.15, 0.2) is 0 Å². The number of rotatable bonds is 30. The molecule has 0 bridgehead atoms. The van der Waals surface area contributed by atoms with Crippen molar-refractivity contribution < 1.29 is 9.47 Å². The molecule has 0 spiro atoms. The van der Waals surface area contributed by atoms with Gasteiger partial charge in [-0.15, -0.1) is 68.0 Å². The molecule has 0 radical (unpaired) electrons. The second-order valence-electron chi connectivity index (χ2n) is 21.4. The van der Waals surface area contributed by atoms with Crippen LogP contribution in [0.1, 0.15) is 154 Å². The predicted octanol–water partition coefficient (Wildman–Crippen LogP) is 23.2. The van der Waals surface area contributed by atoms with Gasteiger partial charge in [-0.3, -0.25) is 9.97 Å². The highest BCUT2D eigenvalue weighted by molar-refractivity contribution is 7.25. The van der Waals surface area contributed by atoms with Gasteiger partial charge in [0, 0.05) is 84.1 Å². The normalized spacial score (nSPS) is 12.8. The van der Waals surface area contributed by atoms with Crippen LogP contribution in [0, 0.1) is 11.8 Å². The number of pyridine rings is 2. The minimum Gasteiger partial charge on any atom is -0.491 e. The maximum absolute atomic E-state index is 7.27. The van der Waals surface area contributed by atoms with E-state index in [1.807, 2.05) is 40.2 Å². The van der Waals surface area contributed by atoms with Gasteiger partial charge < -0.3 is 9.47 Å². The highest BCUT2D eigenvalue weighted by Gasteiger charge is 2.27. The number of ether oxygens (including phenoxy) is 2. The highest BCUT2D eigenvalue weighted by atomic mass is 32.1. The van der Waals surface area contributed by atoms with Gasteiger partial charge in [-0.1, -0.05) is 119 Å². The second-order valence-corrected chi connectivity index (χ2v) is 29.1. The maximum Gasteiger partial charge on any atom is 0.146 e. The molecule has 0 saturated heterocycles. The first-order valence-electron chi connectivity index (χ1n) is 29.4. The molecule has 11 aromatic rings. The molecular weight excluding hydrogens is 1140 g/mol. The zero-order chi connectivity index (χ0) is 55.0. The fourth-order valence-corrected chi connectivity index (χ4v) is 18.7. The Morgan fingerprint density at radius 3 is 1.44 bits per heavy atom. The van der Waals surface area contributed by atoms with Crippen LogP contribution in [0.5, 0.6) is 11.5 Å². The average Bonchev–Trinajstić information content (AvgIpc) is 4.53. The Balaban J connectivity index is 0.979. The monoisotopic (exact) mass is 1210 g/mol. The van der Waals surface area contributed by atoms with Crippen molar-refractivity contribution in [3.63, 3.8) is 0 Å². The predicted molar refractivity (Wildman–Crippen MR) is 354 cm³/mol. The molecule has 418 valence electrons. The molecule has 0 N–H and O–H groups in total. The Bertz CT molecular complexity index is 3490. The van der Waals surface area contributed by atoms with Crippen molar-refractivity contribution in [3.8, 4) is 73.0 Å². The first-order chi connectivity index (χ1) is 39.4. The Hall–Kier alpha value is -4.45. The molecule has 1 aromatic carbocycles. The van der Waals surface area contributed by atoms with Gasteiger partial charge in [0.25, 0.3) is 0 Å². The van der Waals surface area contributed by atoms with Crippen LogP contribution in [0.3, 0.4) is 0 Å². The van der Waals surface area contributed by atoms with E-state index in [1.54, 1.807) is 34.0 Å². The van der Waals surface area contributed by atoms with Crippen LogP contribution < -0.4 is 9.47 Å². The third kappa shape index (κ3) is 12.6.